The summed E-state index contributed by atoms with van der Waals surface area (Å²) in [6, 6.07) is 7.42. The zero-order chi connectivity index (χ0) is 14.4. The number of nitrogens with zero attached hydrogens (tertiary/aromatic N) is 2. The van der Waals surface area contributed by atoms with Gasteiger partial charge in [0.2, 0.25) is 0 Å². The number of benzene rings is 1. The maximum Gasteiger partial charge on any atom is 0.193 e. The summed E-state index contributed by atoms with van der Waals surface area (Å²) in [5, 5.41) is 4.11. The van der Waals surface area contributed by atoms with Gasteiger partial charge in [-0.2, -0.15) is 0 Å². The summed E-state index contributed by atoms with van der Waals surface area (Å²) in [6.07, 6.45) is 2.68. The summed E-state index contributed by atoms with van der Waals surface area (Å²) in [6.45, 7) is 2.42. The highest BCUT2D eigenvalue weighted by molar-refractivity contribution is 6.30. The van der Waals surface area contributed by atoms with Crippen molar-refractivity contribution in [1.29, 1.82) is 0 Å². The predicted octanol–water partition coefficient (Wildman–Crippen LogP) is 2.64. The van der Waals surface area contributed by atoms with Gasteiger partial charge in [0.25, 0.3) is 0 Å². The van der Waals surface area contributed by atoms with Crippen LogP contribution in [-0.2, 0) is 0 Å². The molecular formula is C15H22ClN3O. The van der Waals surface area contributed by atoms with Crippen LogP contribution in [0, 0.1) is 5.92 Å². The smallest absolute Gasteiger partial charge is 0.193 e. The van der Waals surface area contributed by atoms with Crippen molar-refractivity contribution >= 4 is 17.6 Å². The lowest BCUT2D eigenvalue weighted by Crippen LogP contribution is -2.41. The first-order chi connectivity index (χ1) is 9.69. The normalized spacial score (nSPS) is 15.1. The molecule has 0 unspecified atom stereocenters. The van der Waals surface area contributed by atoms with Crippen LogP contribution in [-0.4, -0.2) is 44.7 Å². The third-order valence-corrected chi connectivity index (χ3v) is 3.58. The molecule has 1 aromatic rings. The second kappa shape index (κ2) is 7.39. The number of hydrogen-bond donors (Lipinski definition) is 1. The average molecular weight is 296 g/mol. The van der Waals surface area contributed by atoms with Crippen LogP contribution in [0.4, 0.5) is 0 Å². The van der Waals surface area contributed by atoms with Gasteiger partial charge in [-0.05, 0) is 43.0 Å². The van der Waals surface area contributed by atoms with Crippen molar-refractivity contribution in [3.05, 3.63) is 29.3 Å². The van der Waals surface area contributed by atoms with E-state index in [9.17, 15) is 0 Å². The van der Waals surface area contributed by atoms with E-state index in [1.165, 1.54) is 12.8 Å². The van der Waals surface area contributed by atoms with Crippen molar-refractivity contribution in [3.8, 4) is 5.75 Å². The number of guanidine groups is 1. The third-order valence-electron chi connectivity index (χ3n) is 3.33. The molecule has 1 fully saturated rings. The Balaban J connectivity index is 1.69. The van der Waals surface area contributed by atoms with Crippen LogP contribution in [0.1, 0.15) is 12.8 Å². The molecule has 0 atom stereocenters. The molecule has 1 saturated carbocycles. The van der Waals surface area contributed by atoms with E-state index < -0.39 is 0 Å². The molecule has 1 N–H and O–H groups in total. The standard InChI is InChI=1S/C15H22ClN3O/c1-17-15(18-11-12-3-4-12)19(2)9-10-20-14-7-5-13(16)6-8-14/h5-8,12H,3-4,9-11H2,1-2H3,(H,17,18). The first-order valence-corrected chi connectivity index (χ1v) is 7.37. The molecule has 0 aromatic heterocycles. The molecule has 1 aliphatic carbocycles. The molecule has 0 heterocycles. The second-order valence-electron chi connectivity index (χ2n) is 5.10. The zero-order valence-electron chi connectivity index (χ0n) is 12.1. The predicted molar refractivity (Wildman–Crippen MR) is 83.7 cm³/mol. The van der Waals surface area contributed by atoms with E-state index in [0.717, 1.165) is 35.7 Å². The first kappa shape index (κ1) is 15.0. The molecule has 110 valence electrons. The number of likely N-dealkylation sites (N-methyl/N-ethyl adjacent to an activating group) is 1. The Morgan fingerprint density at radius 2 is 2.10 bits per heavy atom. The fraction of sp³-hybridized carbons (Fsp3) is 0.533. The van der Waals surface area contributed by atoms with E-state index in [1.807, 2.05) is 38.4 Å². The minimum atomic E-state index is 0.613. The summed E-state index contributed by atoms with van der Waals surface area (Å²) in [5.41, 5.74) is 0. The molecule has 2 rings (SSSR count). The van der Waals surface area contributed by atoms with Crippen LogP contribution in [0.25, 0.3) is 0 Å². The van der Waals surface area contributed by atoms with Gasteiger partial charge in [-0.25, -0.2) is 0 Å². The Morgan fingerprint density at radius 1 is 1.40 bits per heavy atom. The van der Waals surface area contributed by atoms with Crippen LogP contribution in [0.15, 0.2) is 29.3 Å². The quantitative estimate of drug-likeness (QED) is 0.647. The molecule has 4 nitrogen and oxygen atoms in total. The summed E-state index contributed by atoms with van der Waals surface area (Å²) in [7, 11) is 3.83. The Morgan fingerprint density at radius 3 is 2.70 bits per heavy atom. The summed E-state index contributed by atoms with van der Waals surface area (Å²) < 4.78 is 5.68. The minimum absolute atomic E-state index is 0.613. The van der Waals surface area contributed by atoms with Crippen LogP contribution in [0.3, 0.4) is 0 Å². The van der Waals surface area contributed by atoms with Gasteiger partial charge in [-0.15, -0.1) is 0 Å². The maximum atomic E-state index is 5.83. The first-order valence-electron chi connectivity index (χ1n) is 6.99. The van der Waals surface area contributed by atoms with Gasteiger partial charge in [0.15, 0.2) is 5.96 Å². The molecule has 0 radical (unpaired) electrons. The van der Waals surface area contributed by atoms with E-state index in [-0.39, 0.29) is 0 Å². The number of rotatable bonds is 6. The van der Waals surface area contributed by atoms with Crippen LogP contribution >= 0.6 is 11.6 Å². The van der Waals surface area contributed by atoms with E-state index >= 15 is 0 Å². The summed E-state index contributed by atoms with van der Waals surface area (Å²) in [5.74, 6) is 2.60. The van der Waals surface area contributed by atoms with Gasteiger partial charge in [0.1, 0.15) is 12.4 Å². The van der Waals surface area contributed by atoms with Gasteiger partial charge in [-0.1, -0.05) is 11.6 Å². The highest BCUT2D eigenvalue weighted by atomic mass is 35.5. The number of ether oxygens (including phenoxy) is 1. The molecule has 0 spiro atoms. The largest absolute Gasteiger partial charge is 0.492 e. The molecule has 1 aromatic carbocycles. The lowest BCUT2D eigenvalue weighted by atomic mass is 10.3. The van der Waals surface area contributed by atoms with Gasteiger partial charge < -0.3 is 15.0 Å². The Kier molecular flexibility index (Phi) is 5.53. The monoisotopic (exact) mass is 295 g/mol. The Bertz CT molecular complexity index is 443. The Labute approximate surface area is 125 Å². The van der Waals surface area contributed by atoms with E-state index in [2.05, 4.69) is 15.2 Å². The van der Waals surface area contributed by atoms with E-state index in [1.54, 1.807) is 0 Å². The lowest BCUT2D eigenvalue weighted by molar-refractivity contribution is 0.281. The number of hydrogen-bond acceptors (Lipinski definition) is 2. The topological polar surface area (TPSA) is 36.9 Å². The maximum absolute atomic E-state index is 5.83. The van der Waals surface area contributed by atoms with Gasteiger partial charge in [0.05, 0.1) is 6.54 Å². The van der Waals surface area contributed by atoms with Crippen LogP contribution in [0.5, 0.6) is 5.75 Å². The van der Waals surface area contributed by atoms with Gasteiger partial charge >= 0.3 is 0 Å². The molecular weight excluding hydrogens is 274 g/mol. The van der Waals surface area contributed by atoms with Crippen LogP contribution < -0.4 is 10.1 Å². The van der Waals surface area contributed by atoms with Crippen molar-refractivity contribution in [1.82, 2.24) is 10.2 Å². The highest BCUT2D eigenvalue weighted by Gasteiger charge is 2.21. The molecule has 0 bridgehead atoms. The molecule has 1 aliphatic rings. The molecule has 0 amide bonds. The summed E-state index contributed by atoms with van der Waals surface area (Å²) >= 11 is 5.83. The summed E-state index contributed by atoms with van der Waals surface area (Å²) in [4.78, 5) is 6.37. The third kappa shape index (κ3) is 4.93. The van der Waals surface area contributed by atoms with Gasteiger partial charge in [0, 0.05) is 25.7 Å². The number of halogens is 1. The van der Waals surface area contributed by atoms with E-state index in [4.69, 9.17) is 16.3 Å². The molecule has 0 saturated heterocycles. The average Bonchev–Trinajstić information content (AvgIpc) is 3.26. The van der Waals surface area contributed by atoms with E-state index in [0.29, 0.717) is 6.61 Å². The fourth-order valence-electron chi connectivity index (χ4n) is 1.88. The SMILES string of the molecule is CN=C(NCC1CC1)N(C)CCOc1ccc(Cl)cc1. The molecule has 20 heavy (non-hydrogen) atoms. The number of aliphatic imine (C=N–C) groups is 1. The Hall–Kier alpha value is -1.42. The van der Waals surface area contributed by atoms with Crippen molar-refractivity contribution in [2.24, 2.45) is 10.9 Å². The molecule has 0 aliphatic heterocycles. The van der Waals surface area contributed by atoms with Gasteiger partial charge in [-0.3, -0.25) is 4.99 Å². The second-order valence-corrected chi connectivity index (χ2v) is 5.53. The van der Waals surface area contributed by atoms with Crippen molar-refractivity contribution in [3.63, 3.8) is 0 Å². The van der Waals surface area contributed by atoms with Crippen molar-refractivity contribution in [2.75, 3.05) is 33.8 Å². The highest BCUT2D eigenvalue weighted by Crippen LogP contribution is 2.27. The van der Waals surface area contributed by atoms with Crippen molar-refractivity contribution in [2.45, 2.75) is 12.8 Å². The molecule has 5 heteroatoms. The number of nitrogens with one attached hydrogen (secondary N) is 1. The lowest BCUT2D eigenvalue weighted by Gasteiger charge is -2.22. The zero-order valence-corrected chi connectivity index (χ0v) is 12.9. The fourth-order valence-corrected chi connectivity index (χ4v) is 2.01. The van der Waals surface area contributed by atoms with Crippen LogP contribution in [0.2, 0.25) is 5.02 Å². The minimum Gasteiger partial charge on any atom is -0.492 e. The van der Waals surface area contributed by atoms with Crippen molar-refractivity contribution < 1.29 is 4.74 Å².